The molecule has 0 aliphatic carbocycles. The maximum absolute atomic E-state index is 2.38. The van der Waals surface area contributed by atoms with Crippen molar-refractivity contribution in [3.05, 3.63) is 107 Å². The van der Waals surface area contributed by atoms with Crippen molar-refractivity contribution in [2.75, 3.05) is 0 Å². The minimum absolute atomic E-state index is 1.29. The van der Waals surface area contributed by atoms with E-state index >= 15 is 0 Å². The maximum Gasteiger partial charge on any atom is -0.00988 e. The predicted octanol–water partition coefficient (Wildman–Crippen LogP) is 8.56. The molecule has 0 N–H and O–H groups in total. The van der Waals surface area contributed by atoms with Crippen LogP contribution in [0.3, 0.4) is 0 Å². The summed E-state index contributed by atoms with van der Waals surface area (Å²) in [6.07, 6.45) is 0. The van der Waals surface area contributed by atoms with Crippen LogP contribution in [0.15, 0.2) is 84.9 Å². The van der Waals surface area contributed by atoms with E-state index in [0.29, 0.717) is 0 Å². The normalized spacial score (nSPS) is 11.3. The molecule has 0 bridgehead atoms. The molecule has 0 amide bonds. The van der Waals surface area contributed by atoms with Gasteiger partial charge in [0.05, 0.1) is 0 Å². The van der Waals surface area contributed by atoms with Gasteiger partial charge >= 0.3 is 0 Å². The van der Waals surface area contributed by atoms with Crippen molar-refractivity contribution >= 4 is 21.5 Å². The molecule has 0 unspecified atom stereocenters. The Morgan fingerprint density at radius 3 is 1.10 bits per heavy atom. The highest BCUT2D eigenvalue weighted by Gasteiger charge is 2.12. The van der Waals surface area contributed by atoms with Gasteiger partial charge in [-0.1, -0.05) is 82.9 Å². The highest BCUT2D eigenvalue weighted by atomic mass is 14.2. The van der Waals surface area contributed by atoms with E-state index in [1.54, 1.807) is 0 Å². The zero-order chi connectivity index (χ0) is 20.8. The van der Waals surface area contributed by atoms with Crippen LogP contribution in [0, 0.1) is 27.7 Å². The second kappa shape index (κ2) is 7.15. The van der Waals surface area contributed by atoms with Crippen LogP contribution in [0.25, 0.3) is 43.8 Å². The first-order valence-electron chi connectivity index (χ1n) is 10.6. The van der Waals surface area contributed by atoms with Gasteiger partial charge in [-0.3, -0.25) is 0 Å². The van der Waals surface area contributed by atoms with E-state index < -0.39 is 0 Å². The standard InChI is InChI=1S/C30H26/c1-19-9-20(2)12-27(11-19)29-17-25-15-23-7-5-6-8-24(23)16-26(25)18-30(29)28-13-21(3)10-22(4)14-28/h5-18H,1-4H3. The molecule has 0 heteroatoms. The monoisotopic (exact) mass is 386 g/mol. The van der Waals surface area contributed by atoms with Crippen molar-refractivity contribution in [2.24, 2.45) is 0 Å². The minimum atomic E-state index is 1.29. The van der Waals surface area contributed by atoms with E-state index in [-0.39, 0.29) is 0 Å². The third-order valence-electron chi connectivity index (χ3n) is 5.91. The third kappa shape index (κ3) is 3.39. The molecule has 146 valence electrons. The molecule has 0 aliphatic heterocycles. The molecule has 0 spiro atoms. The summed E-state index contributed by atoms with van der Waals surface area (Å²) in [7, 11) is 0. The van der Waals surface area contributed by atoms with Gasteiger partial charge in [0, 0.05) is 0 Å². The van der Waals surface area contributed by atoms with Gasteiger partial charge in [0.1, 0.15) is 0 Å². The largest absolute Gasteiger partial charge is 0.0616 e. The molecule has 0 radical (unpaired) electrons. The summed E-state index contributed by atoms with van der Waals surface area (Å²) in [6.45, 7) is 8.73. The molecule has 5 aromatic rings. The third-order valence-corrected chi connectivity index (χ3v) is 5.91. The fourth-order valence-corrected chi connectivity index (χ4v) is 4.73. The van der Waals surface area contributed by atoms with Crippen LogP contribution in [-0.4, -0.2) is 0 Å². The Bertz CT molecular complexity index is 1270. The van der Waals surface area contributed by atoms with Crippen LogP contribution < -0.4 is 0 Å². The lowest BCUT2D eigenvalue weighted by Crippen LogP contribution is -1.91. The van der Waals surface area contributed by atoms with Crippen molar-refractivity contribution in [3.8, 4) is 22.3 Å². The molecule has 0 aromatic heterocycles. The lowest BCUT2D eigenvalue weighted by atomic mass is 9.88. The van der Waals surface area contributed by atoms with Gasteiger partial charge in [-0.05, 0) is 95.8 Å². The molecular formula is C30H26. The second-order valence-electron chi connectivity index (χ2n) is 8.70. The Labute approximate surface area is 178 Å². The van der Waals surface area contributed by atoms with Crippen LogP contribution in [0.2, 0.25) is 0 Å². The second-order valence-corrected chi connectivity index (χ2v) is 8.70. The molecule has 0 nitrogen and oxygen atoms in total. The van der Waals surface area contributed by atoms with E-state index in [4.69, 9.17) is 0 Å². The van der Waals surface area contributed by atoms with Gasteiger partial charge in [-0.25, -0.2) is 0 Å². The number of rotatable bonds is 2. The average Bonchev–Trinajstić information content (AvgIpc) is 2.70. The summed E-state index contributed by atoms with van der Waals surface area (Å²) >= 11 is 0. The molecule has 5 aromatic carbocycles. The van der Waals surface area contributed by atoms with Crippen molar-refractivity contribution in [1.82, 2.24) is 0 Å². The Balaban J connectivity index is 1.87. The van der Waals surface area contributed by atoms with Crippen molar-refractivity contribution in [3.63, 3.8) is 0 Å². The Kier molecular flexibility index (Phi) is 4.44. The summed E-state index contributed by atoms with van der Waals surface area (Å²) in [6, 6.07) is 31.7. The summed E-state index contributed by atoms with van der Waals surface area (Å²) in [5, 5.41) is 5.15. The van der Waals surface area contributed by atoms with E-state index in [2.05, 4.69) is 113 Å². The van der Waals surface area contributed by atoms with Crippen LogP contribution >= 0.6 is 0 Å². The van der Waals surface area contributed by atoms with E-state index in [1.165, 1.54) is 66.1 Å². The Morgan fingerprint density at radius 2 is 0.733 bits per heavy atom. The quantitative estimate of drug-likeness (QED) is 0.267. The summed E-state index contributed by atoms with van der Waals surface area (Å²) < 4.78 is 0. The molecule has 5 rings (SSSR count). The van der Waals surface area contributed by atoms with Crippen LogP contribution in [0.5, 0.6) is 0 Å². The molecule has 0 heterocycles. The van der Waals surface area contributed by atoms with Crippen molar-refractivity contribution < 1.29 is 0 Å². The molecule has 0 atom stereocenters. The maximum atomic E-state index is 2.38. The highest BCUT2D eigenvalue weighted by Crippen LogP contribution is 2.38. The lowest BCUT2D eigenvalue weighted by Gasteiger charge is -2.16. The van der Waals surface area contributed by atoms with Gasteiger partial charge in [0.2, 0.25) is 0 Å². The summed E-state index contributed by atoms with van der Waals surface area (Å²) in [5.74, 6) is 0. The van der Waals surface area contributed by atoms with Crippen molar-refractivity contribution in [1.29, 1.82) is 0 Å². The lowest BCUT2D eigenvalue weighted by molar-refractivity contribution is 1.37. The van der Waals surface area contributed by atoms with Gasteiger partial charge < -0.3 is 0 Å². The zero-order valence-electron chi connectivity index (χ0n) is 18.1. The zero-order valence-corrected chi connectivity index (χ0v) is 18.1. The predicted molar refractivity (Wildman–Crippen MR) is 131 cm³/mol. The van der Waals surface area contributed by atoms with Crippen LogP contribution in [0.1, 0.15) is 22.3 Å². The number of hydrogen-bond acceptors (Lipinski definition) is 0. The first-order chi connectivity index (χ1) is 14.5. The van der Waals surface area contributed by atoms with Gasteiger partial charge in [0.15, 0.2) is 0 Å². The van der Waals surface area contributed by atoms with Crippen LogP contribution in [0.4, 0.5) is 0 Å². The Hall–Kier alpha value is -3.38. The van der Waals surface area contributed by atoms with E-state index in [9.17, 15) is 0 Å². The minimum Gasteiger partial charge on any atom is -0.0616 e. The van der Waals surface area contributed by atoms with Gasteiger partial charge in [-0.2, -0.15) is 0 Å². The highest BCUT2D eigenvalue weighted by molar-refractivity contribution is 6.03. The summed E-state index contributed by atoms with van der Waals surface area (Å²) in [5.41, 5.74) is 10.4. The van der Waals surface area contributed by atoms with E-state index in [1.807, 2.05) is 0 Å². The molecule has 0 saturated carbocycles. The smallest absolute Gasteiger partial charge is 0.00988 e. The molecular weight excluding hydrogens is 360 g/mol. The average molecular weight is 387 g/mol. The molecule has 30 heavy (non-hydrogen) atoms. The number of benzene rings is 5. The Morgan fingerprint density at radius 1 is 0.367 bits per heavy atom. The van der Waals surface area contributed by atoms with Gasteiger partial charge in [-0.15, -0.1) is 0 Å². The number of hydrogen-bond donors (Lipinski definition) is 0. The van der Waals surface area contributed by atoms with E-state index in [0.717, 1.165) is 0 Å². The SMILES string of the molecule is Cc1cc(C)cc(-c2cc3cc4ccccc4cc3cc2-c2cc(C)cc(C)c2)c1. The molecule has 0 aliphatic rings. The molecule has 0 fully saturated rings. The fourth-order valence-electron chi connectivity index (χ4n) is 4.73. The summed E-state index contributed by atoms with van der Waals surface area (Å²) in [4.78, 5) is 0. The first-order valence-corrected chi connectivity index (χ1v) is 10.6. The van der Waals surface area contributed by atoms with Gasteiger partial charge in [0.25, 0.3) is 0 Å². The number of fused-ring (bicyclic) bond motifs is 2. The topological polar surface area (TPSA) is 0 Å². The number of aryl methyl sites for hydroxylation is 4. The van der Waals surface area contributed by atoms with Crippen LogP contribution in [-0.2, 0) is 0 Å². The molecule has 0 saturated heterocycles. The fraction of sp³-hybridized carbons (Fsp3) is 0.133. The van der Waals surface area contributed by atoms with Crippen molar-refractivity contribution in [2.45, 2.75) is 27.7 Å². The first kappa shape index (κ1) is 18.6.